The van der Waals surface area contributed by atoms with Gasteiger partial charge in [-0.25, -0.2) is 0 Å². The van der Waals surface area contributed by atoms with Crippen molar-refractivity contribution in [1.82, 2.24) is 0 Å². The van der Waals surface area contributed by atoms with E-state index in [1.54, 1.807) is 0 Å². The molecule has 4 aliphatic heterocycles. The highest BCUT2D eigenvalue weighted by atomic mass is 79.9. The zero-order valence-electron chi connectivity index (χ0n) is 34.8. The highest BCUT2D eigenvalue weighted by Crippen LogP contribution is 2.58. The molecule has 0 saturated heterocycles. The van der Waals surface area contributed by atoms with Gasteiger partial charge < -0.3 is 43.0 Å². The van der Waals surface area contributed by atoms with Crippen LogP contribution in [0.2, 0.25) is 0 Å². The molecule has 0 saturated carbocycles. The van der Waals surface area contributed by atoms with Gasteiger partial charge in [-0.05, 0) is 49.9 Å². The normalized spacial score (nSPS) is 20.3. The number of aliphatic hydroxyl groups is 1. The molecule has 0 fully saturated rings. The Balaban J connectivity index is 1.50. The van der Waals surface area contributed by atoms with Gasteiger partial charge in [-0.3, -0.25) is 0 Å². The number of hydrogen-bond acceptors (Lipinski definition) is 9. The number of alkyl halides is 3. The first-order valence-electron chi connectivity index (χ1n) is 21.6. The smallest absolute Gasteiger partial charge is 0.230 e. The van der Waals surface area contributed by atoms with Crippen LogP contribution in [0.4, 0.5) is 0 Å². The van der Waals surface area contributed by atoms with Crippen molar-refractivity contribution in [1.29, 1.82) is 0 Å². The van der Waals surface area contributed by atoms with Crippen molar-refractivity contribution in [2.75, 3.05) is 27.2 Å². The fourth-order valence-corrected chi connectivity index (χ4v) is 12.1. The molecule has 4 atom stereocenters. The Bertz CT molecular complexity index is 1850. The lowest BCUT2D eigenvalue weighted by Gasteiger charge is -2.37. The number of rotatable bonds is 12. The van der Waals surface area contributed by atoms with Crippen molar-refractivity contribution < 1.29 is 43.0 Å². The molecular formula is C48H53Br3O9. The third-order valence-electron chi connectivity index (χ3n) is 13.0. The van der Waals surface area contributed by atoms with Crippen LogP contribution in [0, 0.1) is 0 Å². The van der Waals surface area contributed by atoms with E-state index in [2.05, 4.69) is 99.8 Å². The number of aliphatic hydroxyl groups excluding tert-OH is 1. The largest absolute Gasteiger partial charge is 0.457 e. The quantitative estimate of drug-likeness (QED) is 0.139. The van der Waals surface area contributed by atoms with Gasteiger partial charge >= 0.3 is 0 Å². The van der Waals surface area contributed by atoms with E-state index < -0.39 is 0 Å². The maximum atomic E-state index is 11.4. The highest BCUT2D eigenvalue weighted by Gasteiger charge is 2.41. The van der Waals surface area contributed by atoms with Crippen molar-refractivity contribution in [2.24, 2.45) is 0 Å². The van der Waals surface area contributed by atoms with E-state index >= 15 is 0 Å². The van der Waals surface area contributed by atoms with Crippen LogP contribution in [0.1, 0.15) is 169 Å². The fraction of sp³-hybridized carbons (Fsp3) is 0.500. The predicted octanol–water partition coefficient (Wildman–Crippen LogP) is 12.8. The Labute approximate surface area is 378 Å². The molecule has 5 aliphatic rings. The van der Waals surface area contributed by atoms with Crippen molar-refractivity contribution in [3.63, 3.8) is 0 Å². The van der Waals surface area contributed by atoms with Crippen molar-refractivity contribution in [3.8, 4) is 46.0 Å². The van der Waals surface area contributed by atoms with Gasteiger partial charge in [0.05, 0.1) is 12.2 Å². The summed E-state index contributed by atoms with van der Waals surface area (Å²) in [6.45, 7) is 8.57. The van der Waals surface area contributed by atoms with Crippen LogP contribution in [0.25, 0.3) is 0 Å². The van der Waals surface area contributed by atoms with Gasteiger partial charge in [0, 0.05) is 101 Å². The first-order valence-corrected chi connectivity index (χ1v) is 24.9. The zero-order valence-corrected chi connectivity index (χ0v) is 39.5. The fourth-order valence-electron chi connectivity index (χ4n) is 10.6. The summed E-state index contributed by atoms with van der Waals surface area (Å²) in [5.41, 5.74) is 12.2. The van der Waals surface area contributed by atoms with Gasteiger partial charge in [0.2, 0.25) is 27.2 Å². The van der Waals surface area contributed by atoms with Crippen LogP contribution in [0.3, 0.4) is 0 Å². The molecule has 0 amide bonds. The topological polar surface area (TPSA) is 94.1 Å². The molecule has 0 radical (unpaired) electrons. The summed E-state index contributed by atoms with van der Waals surface area (Å²) in [7, 11) is 0. The van der Waals surface area contributed by atoms with Crippen LogP contribution in [-0.4, -0.2) is 32.3 Å². The standard InChI is InChI=1S/C48H53Br3O9/c1-5-9-25-29-13-30-26(10-6-2)32-15-34-28(12-8-4)36-16-35-27(11-7-3)33-14-31(25)43-38(18-50)45(33)57-23-59-47(35)40(20-52)48(36)60-24-58-46(34)39(19-51)44(32)56-22-54-42(30)37(17-49)41(29)53-21-55-43/h13-16,25-28,52H,5-12,17-24H2,1-4H3/t25-,26+,27+,28-. The number of hydrogen-bond donors (Lipinski definition) is 1. The second-order valence-corrected chi connectivity index (χ2v) is 18.0. The molecule has 0 spiro atoms. The lowest BCUT2D eigenvalue weighted by molar-refractivity contribution is 0.0933. The molecular weight excluding hydrogens is 960 g/mol. The van der Waals surface area contributed by atoms with E-state index in [9.17, 15) is 5.11 Å². The van der Waals surface area contributed by atoms with E-state index in [0.717, 1.165) is 147 Å². The maximum absolute atomic E-state index is 11.4. The Kier molecular flexibility index (Phi) is 12.5. The van der Waals surface area contributed by atoms with Gasteiger partial charge in [0.25, 0.3) is 0 Å². The lowest BCUT2D eigenvalue weighted by atomic mass is 9.74. The minimum atomic E-state index is -0.272. The molecule has 9 nitrogen and oxygen atoms in total. The van der Waals surface area contributed by atoms with Crippen molar-refractivity contribution in [3.05, 3.63) is 91.0 Å². The van der Waals surface area contributed by atoms with Gasteiger partial charge in [-0.15, -0.1) is 0 Å². The summed E-state index contributed by atoms with van der Waals surface area (Å²) in [6, 6.07) is 9.42. The first-order chi connectivity index (χ1) is 29.5. The van der Waals surface area contributed by atoms with Gasteiger partial charge in [-0.2, -0.15) is 0 Å². The predicted molar refractivity (Wildman–Crippen MR) is 241 cm³/mol. The molecule has 12 heteroatoms. The highest BCUT2D eigenvalue weighted by molar-refractivity contribution is 9.09. The Morgan fingerprint density at radius 3 is 0.750 bits per heavy atom. The minimum Gasteiger partial charge on any atom is -0.457 e. The molecule has 8 bridgehead atoms. The van der Waals surface area contributed by atoms with Gasteiger partial charge in [-0.1, -0.05) is 101 Å². The first kappa shape index (κ1) is 42.0. The molecule has 4 aromatic rings. The molecule has 4 heterocycles. The molecule has 0 unspecified atom stereocenters. The van der Waals surface area contributed by atoms with Crippen LogP contribution in [-0.2, 0) is 22.6 Å². The molecule has 60 heavy (non-hydrogen) atoms. The van der Waals surface area contributed by atoms with E-state index in [1.165, 1.54) is 0 Å². The molecule has 1 N–H and O–H groups in total. The van der Waals surface area contributed by atoms with E-state index in [-0.39, 0.29) is 57.5 Å². The van der Waals surface area contributed by atoms with Crippen LogP contribution in [0.15, 0.2) is 24.3 Å². The monoisotopic (exact) mass is 1010 g/mol. The van der Waals surface area contributed by atoms with Crippen molar-refractivity contribution >= 4 is 47.8 Å². The summed E-state index contributed by atoms with van der Waals surface area (Å²) >= 11 is 11.7. The van der Waals surface area contributed by atoms with Crippen LogP contribution in [0.5, 0.6) is 46.0 Å². The molecule has 1 aliphatic carbocycles. The number of ether oxygens (including phenoxy) is 8. The maximum Gasteiger partial charge on any atom is 0.230 e. The van der Waals surface area contributed by atoms with E-state index in [1.807, 2.05) is 0 Å². The molecule has 4 aromatic carbocycles. The van der Waals surface area contributed by atoms with Crippen LogP contribution < -0.4 is 37.9 Å². The summed E-state index contributed by atoms with van der Waals surface area (Å²) in [4.78, 5) is 0. The third kappa shape index (κ3) is 6.76. The summed E-state index contributed by atoms with van der Waals surface area (Å²) < 4.78 is 53.6. The third-order valence-corrected chi connectivity index (χ3v) is 14.7. The average Bonchev–Trinajstić information content (AvgIpc) is 3.24. The van der Waals surface area contributed by atoms with Gasteiger partial charge in [0.1, 0.15) is 46.0 Å². The summed E-state index contributed by atoms with van der Waals surface area (Å²) in [6.07, 6.45) is 7.07. The Hall–Kier alpha value is -3.32. The molecule has 0 aromatic heterocycles. The van der Waals surface area contributed by atoms with Gasteiger partial charge in [0.15, 0.2) is 0 Å². The SMILES string of the molecule is CCC[C@@H]1c2cc3c4c(CBr)c2OCOc2c1cc1c(c2CBr)OCOc2c(cc5c(c2CO)OCOc2c(cc(c(c2CBr)OCO4)[C@H]3CCC)[C@H]5CCC)[C@H]1CCC. The summed E-state index contributed by atoms with van der Waals surface area (Å²) in [5, 5.41) is 12.9. The van der Waals surface area contributed by atoms with Crippen molar-refractivity contribution in [2.45, 2.75) is 125 Å². The average molecular weight is 1010 g/mol. The summed E-state index contributed by atoms with van der Waals surface area (Å²) in [5.74, 6) is 5.48. The Morgan fingerprint density at radius 2 is 0.583 bits per heavy atom. The molecule has 9 rings (SSSR count). The molecule has 320 valence electrons. The number of benzene rings is 4. The lowest BCUT2D eigenvalue weighted by Crippen LogP contribution is -2.25. The second kappa shape index (κ2) is 17.8. The zero-order chi connectivity index (χ0) is 41.7. The minimum absolute atomic E-state index is 0.0113. The Morgan fingerprint density at radius 1 is 0.383 bits per heavy atom. The van der Waals surface area contributed by atoms with E-state index in [4.69, 9.17) is 37.9 Å². The van der Waals surface area contributed by atoms with E-state index in [0.29, 0.717) is 33.1 Å². The number of halogens is 3. The second-order valence-electron chi connectivity index (χ2n) is 16.3. The van der Waals surface area contributed by atoms with Crippen LogP contribution >= 0.6 is 47.8 Å².